The number of aromatic nitrogens is 2. The first-order chi connectivity index (χ1) is 17.6. The number of halogens is 3. The van der Waals surface area contributed by atoms with Crippen molar-refractivity contribution in [2.24, 2.45) is 0 Å². The number of nitrogens with one attached hydrogen (secondary N) is 1. The van der Waals surface area contributed by atoms with Crippen LogP contribution in [-0.2, 0) is 12.8 Å². The molecule has 0 amide bonds. The fraction of sp³-hybridized carbons (Fsp3) is 0.160. The van der Waals surface area contributed by atoms with Crippen LogP contribution in [0.4, 0.5) is 18.9 Å². The molecule has 0 saturated carbocycles. The third-order valence-corrected chi connectivity index (χ3v) is 5.50. The smallest absolute Gasteiger partial charge is 0.433 e. The monoisotopic (exact) mass is 515 g/mol. The number of rotatable bonds is 8. The lowest BCUT2D eigenvalue weighted by Crippen LogP contribution is -2.07. The average molecular weight is 515 g/mol. The van der Waals surface area contributed by atoms with Crippen molar-refractivity contribution in [1.82, 2.24) is 10.2 Å². The molecule has 4 rings (SSSR count). The number of benzene rings is 3. The zero-order valence-corrected chi connectivity index (χ0v) is 19.5. The number of phenols is 1. The van der Waals surface area contributed by atoms with Gasteiger partial charge in [0.15, 0.2) is 11.5 Å². The van der Waals surface area contributed by atoms with E-state index >= 15 is 0 Å². The minimum atomic E-state index is -4.75. The van der Waals surface area contributed by atoms with Crippen molar-refractivity contribution in [3.05, 3.63) is 82.0 Å². The minimum Gasteiger partial charge on any atom is -0.507 e. The zero-order valence-electron chi connectivity index (χ0n) is 19.5. The van der Waals surface area contributed by atoms with E-state index < -0.39 is 16.8 Å². The van der Waals surface area contributed by atoms with Crippen LogP contribution in [0.15, 0.2) is 60.7 Å². The molecule has 9 nitrogen and oxygen atoms in total. The molecule has 37 heavy (non-hydrogen) atoms. The van der Waals surface area contributed by atoms with Gasteiger partial charge in [-0.05, 0) is 47.5 Å². The summed E-state index contributed by atoms with van der Waals surface area (Å²) in [6, 6.07) is 14.2. The lowest BCUT2D eigenvalue weighted by atomic mass is 9.97. The van der Waals surface area contributed by atoms with Crippen LogP contribution in [0.3, 0.4) is 0 Å². The summed E-state index contributed by atoms with van der Waals surface area (Å²) in [6.45, 7) is 0.0499. The number of methoxy groups -OCH3 is 2. The van der Waals surface area contributed by atoms with Gasteiger partial charge in [0.2, 0.25) is 0 Å². The van der Waals surface area contributed by atoms with Crippen LogP contribution in [0.5, 0.6) is 23.0 Å². The molecule has 1 heterocycles. The third-order valence-electron chi connectivity index (χ3n) is 5.50. The molecule has 0 radical (unpaired) electrons. The first-order valence-corrected chi connectivity index (χ1v) is 10.7. The number of hydrogen-bond donors (Lipinski definition) is 2. The highest BCUT2D eigenvalue weighted by molar-refractivity contribution is 5.86. The van der Waals surface area contributed by atoms with E-state index in [0.717, 1.165) is 0 Å². The summed E-state index contributed by atoms with van der Waals surface area (Å²) >= 11 is 0. The maximum absolute atomic E-state index is 13.8. The summed E-state index contributed by atoms with van der Waals surface area (Å²) in [7, 11) is 2.77. The molecule has 0 aliphatic rings. The lowest BCUT2D eigenvalue weighted by Gasteiger charge is -2.13. The van der Waals surface area contributed by atoms with Gasteiger partial charge in [-0.15, -0.1) is 0 Å². The Kier molecular flexibility index (Phi) is 6.92. The second kappa shape index (κ2) is 10.1. The zero-order chi connectivity index (χ0) is 26.7. The number of nitrogens with zero attached hydrogens (tertiary/aromatic N) is 2. The second-order valence-electron chi connectivity index (χ2n) is 7.78. The SMILES string of the molecule is COc1ccc(-c2c(-c3ccc(OCc4ccc([N+](=O)[O-])cc4)cc3O)n[nH]c2C(F)(F)F)cc1OC. The maximum atomic E-state index is 13.8. The Morgan fingerprint density at radius 1 is 1.00 bits per heavy atom. The molecule has 0 spiro atoms. The molecule has 3 aromatic carbocycles. The number of aromatic hydroxyl groups is 1. The lowest BCUT2D eigenvalue weighted by molar-refractivity contribution is -0.384. The summed E-state index contributed by atoms with van der Waals surface area (Å²) in [5, 5.41) is 27.3. The van der Waals surface area contributed by atoms with E-state index in [-0.39, 0.29) is 51.9 Å². The standard InChI is InChI=1S/C25H20F3N3O6/c1-35-20-10-5-15(11-21(20)36-2)22-23(29-30-24(22)25(26,27)28)18-9-8-17(12-19(18)32)37-13-14-3-6-16(7-4-14)31(33)34/h3-12,32H,13H2,1-2H3,(H,29,30). The summed E-state index contributed by atoms with van der Waals surface area (Å²) in [5.41, 5.74) is -0.721. The Bertz CT molecular complexity index is 1430. The molecule has 1 aromatic heterocycles. The van der Waals surface area contributed by atoms with Crippen LogP contribution in [0.25, 0.3) is 22.4 Å². The number of nitro groups is 1. The first-order valence-electron chi connectivity index (χ1n) is 10.7. The highest BCUT2D eigenvalue weighted by Crippen LogP contribution is 2.45. The van der Waals surface area contributed by atoms with Gasteiger partial charge in [-0.3, -0.25) is 15.2 Å². The van der Waals surface area contributed by atoms with E-state index in [1.54, 1.807) is 0 Å². The van der Waals surface area contributed by atoms with Gasteiger partial charge >= 0.3 is 6.18 Å². The van der Waals surface area contributed by atoms with Crippen molar-refractivity contribution in [1.29, 1.82) is 0 Å². The molecular formula is C25H20F3N3O6. The molecule has 2 N–H and O–H groups in total. The highest BCUT2D eigenvalue weighted by atomic mass is 19.4. The average Bonchev–Trinajstić information content (AvgIpc) is 3.33. The topological polar surface area (TPSA) is 120 Å². The van der Waals surface area contributed by atoms with Crippen molar-refractivity contribution in [2.45, 2.75) is 12.8 Å². The van der Waals surface area contributed by atoms with Crippen molar-refractivity contribution in [3.63, 3.8) is 0 Å². The van der Waals surface area contributed by atoms with Gasteiger partial charge in [0, 0.05) is 29.3 Å². The molecule has 0 bridgehead atoms. The number of ether oxygens (including phenoxy) is 3. The predicted octanol–water partition coefficient (Wildman–Crippen LogP) is 5.97. The van der Waals surface area contributed by atoms with Crippen molar-refractivity contribution in [3.8, 4) is 45.4 Å². The molecule has 0 unspecified atom stereocenters. The molecular weight excluding hydrogens is 495 g/mol. The third kappa shape index (κ3) is 5.27. The second-order valence-corrected chi connectivity index (χ2v) is 7.78. The number of phenolic OH excluding ortho intramolecular Hbond substituents is 1. The van der Waals surface area contributed by atoms with Gasteiger partial charge in [-0.1, -0.05) is 6.07 Å². The summed E-state index contributed by atoms with van der Waals surface area (Å²) in [6.07, 6.45) is -4.75. The minimum absolute atomic E-state index is 0.0409. The van der Waals surface area contributed by atoms with Crippen molar-refractivity contribution in [2.75, 3.05) is 14.2 Å². The van der Waals surface area contributed by atoms with Gasteiger partial charge in [-0.2, -0.15) is 18.3 Å². The van der Waals surface area contributed by atoms with E-state index in [1.165, 1.54) is 74.9 Å². The van der Waals surface area contributed by atoms with E-state index in [0.29, 0.717) is 11.3 Å². The van der Waals surface area contributed by atoms with Gasteiger partial charge in [-0.25, -0.2) is 0 Å². The molecule has 12 heteroatoms. The van der Waals surface area contributed by atoms with Crippen LogP contribution in [0.2, 0.25) is 0 Å². The van der Waals surface area contributed by atoms with Crippen LogP contribution in [-0.4, -0.2) is 34.4 Å². The number of aromatic amines is 1. The molecule has 0 aliphatic carbocycles. The Balaban J connectivity index is 1.67. The van der Waals surface area contributed by atoms with Crippen LogP contribution < -0.4 is 14.2 Å². The Labute approximate surface area is 208 Å². The Morgan fingerprint density at radius 3 is 2.30 bits per heavy atom. The summed E-state index contributed by atoms with van der Waals surface area (Å²) in [5.74, 6) is 0.434. The predicted molar refractivity (Wildman–Crippen MR) is 127 cm³/mol. The van der Waals surface area contributed by atoms with Crippen LogP contribution >= 0.6 is 0 Å². The van der Waals surface area contributed by atoms with Crippen LogP contribution in [0.1, 0.15) is 11.3 Å². The molecule has 0 aliphatic heterocycles. The van der Waals surface area contributed by atoms with E-state index in [1.807, 2.05) is 5.10 Å². The largest absolute Gasteiger partial charge is 0.507 e. The van der Waals surface area contributed by atoms with E-state index in [4.69, 9.17) is 14.2 Å². The number of non-ortho nitro benzene ring substituents is 1. The fourth-order valence-electron chi connectivity index (χ4n) is 3.70. The number of alkyl halides is 3. The van der Waals surface area contributed by atoms with Gasteiger partial charge in [0.1, 0.15) is 29.5 Å². The van der Waals surface area contributed by atoms with Gasteiger partial charge < -0.3 is 19.3 Å². The first kappa shape index (κ1) is 25.4. The molecule has 4 aromatic rings. The summed E-state index contributed by atoms with van der Waals surface area (Å²) in [4.78, 5) is 10.3. The van der Waals surface area contributed by atoms with Crippen LogP contribution in [0, 0.1) is 10.1 Å². The number of nitro benzene ring substituents is 1. The molecule has 0 saturated heterocycles. The number of hydrogen-bond acceptors (Lipinski definition) is 7. The van der Waals surface area contributed by atoms with Gasteiger partial charge in [0.25, 0.3) is 5.69 Å². The highest BCUT2D eigenvalue weighted by Gasteiger charge is 2.38. The maximum Gasteiger partial charge on any atom is 0.433 e. The Morgan fingerprint density at radius 2 is 1.70 bits per heavy atom. The number of H-pyrrole nitrogens is 1. The van der Waals surface area contributed by atoms with E-state index in [9.17, 15) is 28.4 Å². The normalized spacial score (nSPS) is 11.3. The van der Waals surface area contributed by atoms with Crippen molar-refractivity contribution >= 4 is 5.69 Å². The molecule has 0 fully saturated rings. The quantitative estimate of drug-likeness (QED) is 0.219. The molecule has 0 atom stereocenters. The van der Waals surface area contributed by atoms with Gasteiger partial charge in [0.05, 0.1) is 19.1 Å². The summed E-state index contributed by atoms with van der Waals surface area (Å²) < 4.78 is 57.5. The fourth-order valence-corrected chi connectivity index (χ4v) is 3.70. The van der Waals surface area contributed by atoms with Crippen molar-refractivity contribution < 1.29 is 37.4 Å². The molecule has 192 valence electrons. The Hall–Kier alpha value is -4.74. The van der Waals surface area contributed by atoms with E-state index in [2.05, 4.69) is 5.10 Å².